The minimum Gasteiger partial charge on any atom is -0.442 e. The smallest absolute Gasteiger partial charge is 0.231 e. The summed E-state index contributed by atoms with van der Waals surface area (Å²) < 4.78 is 6.17. The molecule has 0 aliphatic heterocycles. The quantitative estimate of drug-likeness (QED) is 0.563. The van der Waals surface area contributed by atoms with Gasteiger partial charge in [-0.3, -0.25) is 0 Å². The van der Waals surface area contributed by atoms with E-state index < -0.39 is 5.60 Å². The Labute approximate surface area is 179 Å². The molecule has 4 rings (SSSR count). The number of benzene rings is 2. The van der Waals surface area contributed by atoms with Gasteiger partial charge >= 0.3 is 0 Å². The van der Waals surface area contributed by atoms with Gasteiger partial charge in [-0.05, 0) is 31.0 Å². The largest absolute Gasteiger partial charge is 0.442 e. The molecule has 0 saturated heterocycles. The van der Waals surface area contributed by atoms with Crippen molar-refractivity contribution in [2.24, 2.45) is 5.92 Å². The lowest BCUT2D eigenvalue weighted by Crippen LogP contribution is -2.38. The first-order valence-corrected chi connectivity index (χ1v) is 11.1. The summed E-state index contributed by atoms with van der Waals surface area (Å²) in [7, 11) is 2.12. The van der Waals surface area contributed by atoms with Crippen molar-refractivity contribution in [1.82, 2.24) is 9.88 Å². The highest BCUT2D eigenvalue weighted by molar-refractivity contribution is 5.30. The Morgan fingerprint density at radius 3 is 2.37 bits per heavy atom. The van der Waals surface area contributed by atoms with Crippen molar-refractivity contribution in [3.05, 3.63) is 89.6 Å². The molecule has 158 valence electrons. The SMILES string of the molecule is CN(CCc1cnc(C(O)(c2ccccc2)C2CCCCC2)o1)Cc1ccccc1. The number of rotatable bonds is 8. The highest BCUT2D eigenvalue weighted by Crippen LogP contribution is 2.43. The molecule has 2 aromatic carbocycles. The fourth-order valence-electron chi connectivity index (χ4n) is 4.62. The Morgan fingerprint density at radius 2 is 1.67 bits per heavy atom. The molecule has 4 nitrogen and oxygen atoms in total. The van der Waals surface area contributed by atoms with Crippen molar-refractivity contribution in [3.8, 4) is 0 Å². The van der Waals surface area contributed by atoms with Gasteiger partial charge < -0.3 is 14.4 Å². The van der Waals surface area contributed by atoms with Crippen LogP contribution in [0.5, 0.6) is 0 Å². The second-order valence-electron chi connectivity index (χ2n) is 8.57. The molecule has 1 unspecified atom stereocenters. The Hall–Kier alpha value is -2.43. The highest BCUT2D eigenvalue weighted by atomic mass is 16.4. The summed E-state index contributed by atoms with van der Waals surface area (Å²) in [6.07, 6.45) is 8.11. The Bertz CT molecular complexity index is 903. The Kier molecular flexibility index (Phi) is 6.66. The van der Waals surface area contributed by atoms with Crippen molar-refractivity contribution in [2.45, 2.75) is 50.7 Å². The first-order valence-electron chi connectivity index (χ1n) is 11.1. The van der Waals surface area contributed by atoms with Gasteiger partial charge in [0.1, 0.15) is 5.76 Å². The van der Waals surface area contributed by atoms with Crippen LogP contribution < -0.4 is 0 Å². The lowest BCUT2D eigenvalue weighted by molar-refractivity contribution is -0.0239. The average molecular weight is 405 g/mol. The van der Waals surface area contributed by atoms with E-state index in [0.29, 0.717) is 5.89 Å². The lowest BCUT2D eigenvalue weighted by atomic mass is 9.73. The minimum atomic E-state index is -1.16. The second kappa shape index (κ2) is 9.59. The third kappa shape index (κ3) is 4.66. The number of hydrogen-bond acceptors (Lipinski definition) is 4. The zero-order chi connectivity index (χ0) is 20.8. The van der Waals surface area contributed by atoms with E-state index in [-0.39, 0.29) is 5.92 Å². The van der Waals surface area contributed by atoms with E-state index in [1.54, 1.807) is 6.20 Å². The monoisotopic (exact) mass is 404 g/mol. The molecule has 1 heterocycles. The summed E-state index contributed by atoms with van der Waals surface area (Å²) >= 11 is 0. The number of hydrogen-bond donors (Lipinski definition) is 1. The first-order chi connectivity index (χ1) is 14.7. The molecule has 0 radical (unpaired) electrons. The zero-order valence-electron chi connectivity index (χ0n) is 17.8. The number of nitrogens with zero attached hydrogens (tertiary/aromatic N) is 2. The molecule has 3 aromatic rings. The van der Waals surface area contributed by atoms with Gasteiger partial charge in [0.25, 0.3) is 0 Å². The molecule has 1 saturated carbocycles. The van der Waals surface area contributed by atoms with Crippen LogP contribution in [0.15, 0.2) is 71.3 Å². The Balaban J connectivity index is 1.48. The summed E-state index contributed by atoms with van der Waals surface area (Å²) in [5.74, 6) is 1.41. The predicted octanol–water partition coefficient (Wildman–Crippen LogP) is 5.17. The summed E-state index contributed by atoms with van der Waals surface area (Å²) in [4.78, 5) is 6.85. The zero-order valence-corrected chi connectivity index (χ0v) is 17.8. The summed E-state index contributed by atoms with van der Waals surface area (Å²) in [6.45, 7) is 1.77. The molecule has 1 N–H and O–H groups in total. The van der Waals surface area contributed by atoms with Crippen LogP contribution in [0, 0.1) is 5.92 Å². The molecule has 1 aliphatic carbocycles. The molecule has 1 aromatic heterocycles. The molecule has 0 amide bonds. The molecular formula is C26H32N2O2. The van der Waals surface area contributed by atoms with E-state index in [1.807, 2.05) is 36.4 Å². The molecule has 1 aliphatic rings. The number of likely N-dealkylation sites (N-methyl/N-ethyl adjacent to an activating group) is 1. The molecule has 0 spiro atoms. The van der Waals surface area contributed by atoms with Crippen molar-refractivity contribution >= 4 is 0 Å². The van der Waals surface area contributed by atoms with Gasteiger partial charge in [0.05, 0.1) is 6.20 Å². The maximum Gasteiger partial charge on any atom is 0.231 e. The van der Waals surface area contributed by atoms with Gasteiger partial charge in [-0.1, -0.05) is 79.9 Å². The van der Waals surface area contributed by atoms with Crippen molar-refractivity contribution < 1.29 is 9.52 Å². The van der Waals surface area contributed by atoms with Gasteiger partial charge in [-0.15, -0.1) is 0 Å². The molecule has 1 atom stereocenters. The van der Waals surface area contributed by atoms with Gasteiger partial charge in [0.15, 0.2) is 5.60 Å². The average Bonchev–Trinajstić information content (AvgIpc) is 3.29. The number of aliphatic hydroxyl groups is 1. The fraction of sp³-hybridized carbons (Fsp3) is 0.423. The number of aromatic nitrogens is 1. The molecule has 4 heteroatoms. The maximum absolute atomic E-state index is 11.9. The standard InChI is InChI=1S/C26H32N2O2/c1-28(20-21-11-5-2-6-12-21)18-17-24-19-27-25(30-24)26(29,22-13-7-3-8-14-22)23-15-9-4-10-16-23/h2-3,5-8,11-14,19,23,29H,4,9-10,15-18,20H2,1H3. The van der Waals surface area contributed by atoms with Crippen LogP contribution >= 0.6 is 0 Å². The summed E-state index contributed by atoms with van der Waals surface area (Å²) in [5, 5.41) is 11.9. The topological polar surface area (TPSA) is 49.5 Å². The predicted molar refractivity (Wildman–Crippen MR) is 119 cm³/mol. The Morgan fingerprint density at radius 1 is 1.00 bits per heavy atom. The van der Waals surface area contributed by atoms with Crippen molar-refractivity contribution in [2.75, 3.05) is 13.6 Å². The highest BCUT2D eigenvalue weighted by Gasteiger charge is 2.44. The summed E-state index contributed by atoms with van der Waals surface area (Å²) in [5.41, 5.74) is 1.02. The molecule has 0 bridgehead atoms. The van der Waals surface area contributed by atoms with Gasteiger partial charge in [-0.25, -0.2) is 4.98 Å². The third-order valence-electron chi connectivity index (χ3n) is 6.32. The lowest BCUT2D eigenvalue weighted by Gasteiger charge is -2.36. The van der Waals surface area contributed by atoms with Gasteiger partial charge in [-0.2, -0.15) is 0 Å². The van der Waals surface area contributed by atoms with E-state index >= 15 is 0 Å². The van der Waals surface area contributed by atoms with Crippen LogP contribution in [0.1, 0.15) is 54.9 Å². The van der Waals surface area contributed by atoms with E-state index in [9.17, 15) is 5.11 Å². The molecule has 30 heavy (non-hydrogen) atoms. The normalized spacial score (nSPS) is 17.2. The van der Waals surface area contributed by atoms with Crippen LogP contribution in [-0.4, -0.2) is 28.6 Å². The van der Waals surface area contributed by atoms with Gasteiger partial charge in [0.2, 0.25) is 5.89 Å². The van der Waals surface area contributed by atoms with Crippen LogP contribution in [0.2, 0.25) is 0 Å². The van der Waals surface area contributed by atoms with Crippen LogP contribution in [-0.2, 0) is 18.6 Å². The molecule has 1 fully saturated rings. The van der Waals surface area contributed by atoms with Crippen LogP contribution in [0.25, 0.3) is 0 Å². The van der Waals surface area contributed by atoms with Crippen molar-refractivity contribution in [3.63, 3.8) is 0 Å². The van der Waals surface area contributed by atoms with E-state index in [1.165, 1.54) is 12.0 Å². The third-order valence-corrected chi connectivity index (χ3v) is 6.32. The van der Waals surface area contributed by atoms with Crippen LogP contribution in [0.4, 0.5) is 0 Å². The minimum absolute atomic E-state index is 0.140. The first kappa shape index (κ1) is 20.8. The summed E-state index contributed by atoms with van der Waals surface area (Å²) in [6, 6.07) is 20.4. The second-order valence-corrected chi connectivity index (χ2v) is 8.57. The van der Waals surface area contributed by atoms with Crippen LogP contribution in [0.3, 0.4) is 0 Å². The van der Waals surface area contributed by atoms with E-state index in [4.69, 9.17) is 4.42 Å². The fourth-order valence-corrected chi connectivity index (χ4v) is 4.62. The maximum atomic E-state index is 11.9. The molecular weight excluding hydrogens is 372 g/mol. The van der Waals surface area contributed by atoms with E-state index in [0.717, 1.165) is 56.5 Å². The number of oxazole rings is 1. The van der Waals surface area contributed by atoms with Crippen molar-refractivity contribution in [1.29, 1.82) is 0 Å². The van der Waals surface area contributed by atoms with Gasteiger partial charge in [0, 0.05) is 25.4 Å². The van der Waals surface area contributed by atoms with E-state index in [2.05, 4.69) is 41.2 Å².